The second-order valence-corrected chi connectivity index (χ2v) is 5.69. The minimum absolute atomic E-state index is 0.0947. The maximum atomic E-state index is 12.1. The van der Waals surface area contributed by atoms with Crippen LogP contribution in [0.1, 0.15) is 23.2 Å². The largest absolute Gasteiger partial charge is 0.483 e. The fourth-order valence-electron chi connectivity index (χ4n) is 2.72. The number of hydrogen-bond acceptors (Lipinski definition) is 4. The molecule has 6 nitrogen and oxygen atoms in total. The van der Waals surface area contributed by atoms with Gasteiger partial charge in [-0.1, -0.05) is 18.2 Å². The minimum Gasteiger partial charge on any atom is -0.483 e. The van der Waals surface area contributed by atoms with Crippen molar-refractivity contribution in [1.82, 2.24) is 0 Å². The smallest absolute Gasteiger partial charge is 0.262 e. The molecule has 1 fully saturated rings. The molecule has 0 aromatic heterocycles. The highest BCUT2D eigenvalue weighted by molar-refractivity contribution is 5.97. The summed E-state index contributed by atoms with van der Waals surface area (Å²) in [5.41, 5.74) is 1.76. The number of benzene rings is 2. The van der Waals surface area contributed by atoms with Crippen LogP contribution in [0.5, 0.6) is 5.75 Å². The number of anilines is 2. The van der Waals surface area contributed by atoms with Gasteiger partial charge < -0.3 is 15.0 Å². The van der Waals surface area contributed by atoms with Gasteiger partial charge in [0.25, 0.3) is 5.91 Å². The number of ether oxygens (including phenoxy) is 1. The molecule has 0 atom stereocenters. The Labute approximate surface area is 145 Å². The summed E-state index contributed by atoms with van der Waals surface area (Å²) >= 11 is 0. The molecule has 1 N–H and O–H groups in total. The Morgan fingerprint density at radius 3 is 2.80 bits per heavy atom. The highest BCUT2D eigenvalue weighted by Gasteiger charge is 2.21. The molecule has 0 radical (unpaired) electrons. The standard InChI is InChI=1S/C19H18N2O4/c22-12-14-5-1-2-8-17(14)25-13-18(23)20-15-6-3-7-16(11-15)21-10-4-9-19(21)24/h1-3,5-8,11-12H,4,9-10,13H2,(H,20,23). The monoisotopic (exact) mass is 338 g/mol. The van der Waals surface area contributed by atoms with Crippen LogP contribution in [-0.2, 0) is 9.59 Å². The number of aldehydes is 1. The van der Waals surface area contributed by atoms with Crippen molar-refractivity contribution in [1.29, 1.82) is 0 Å². The molecule has 6 heteroatoms. The van der Waals surface area contributed by atoms with Gasteiger partial charge in [-0.25, -0.2) is 0 Å². The van der Waals surface area contributed by atoms with Gasteiger partial charge >= 0.3 is 0 Å². The third-order valence-corrected chi connectivity index (χ3v) is 3.92. The molecule has 1 heterocycles. The lowest BCUT2D eigenvalue weighted by Gasteiger charge is -2.17. The Bertz CT molecular complexity index is 804. The summed E-state index contributed by atoms with van der Waals surface area (Å²) in [7, 11) is 0. The van der Waals surface area contributed by atoms with Gasteiger partial charge in [0.2, 0.25) is 5.91 Å². The highest BCUT2D eigenvalue weighted by Crippen LogP contribution is 2.24. The molecule has 2 amide bonds. The van der Waals surface area contributed by atoms with Crippen LogP contribution >= 0.6 is 0 Å². The first-order valence-electron chi connectivity index (χ1n) is 8.04. The molecule has 128 valence electrons. The lowest BCUT2D eigenvalue weighted by Crippen LogP contribution is -2.24. The molecule has 2 aromatic rings. The van der Waals surface area contributed by atoms with Gasteiger partial charge in [-0.3, -0.25) is 14.4 Å². The Kier molecular flexibility index (Phi) is 5.09. The first kappa shape index (κ1) is 16.7. The predicted molar refractivity (Wildman–Crippen MR) is 94.0 cm³/mol. The zero-order valence-electron chi connectivity index (χ0n) is 13.6. The minimum atomic E-state index is -0.342. The summed E-state index contributed by atoms with van der Waals surface area (Å²) in [6.45, 7) is 0.486. The van der Waals surface area contributed by atoms with Crippen LogP contribution < -0.4 is 15.0 Å². The van der Waals surface area contributed by atoms with Crippen LogP contribution in [-0.4, -0.2) is 31.3 Å². The highest BCUT2D eigenvalue weighted by atomic mass is 16.5. The molecular formula is C19H18N2O4. The lowest BCUT2D eigenvalue weighted by atomic mass is 10.2. The van der Waals surface area contributed by atoms with E-state index in [9.17, 15) is 14.4 Å². The number of carbonyl (C=O) groups excluding carboxylic acids is 3. The average Bonchev–Trinajstić information content (AvgIpc) is 3.06. The molecule has 0 aliphatic carbocycles. The predicted octanol–water partition coefficient (Wildman–Crippen LogP) is 2.64. The summed E-state index contributed by atoms with van der Waals surface area (Å²) in [6.07, 6.45) is 2.09. The van der Waals surface area contributed by atoms with Crippen molar-refractivity contribution >= 4 is 29.5 Å². The van der Waals surface area contributed by atoms with E-state index in [1.54, 1.807) is 47.4 Å². The molecule has 0 saturated carbocycles. The van der Waals surface area contributed by atoms with Gasteiger partial charge in [0.05, 0.1) is 5.56 Å². The Hall–Kier alpha value is -3.15. The number of nitrogens with zero attached hydrogens (tertiary/aromatic N) is 1. The quantitative estimate of drug-likeness (QED) is 0.822. The average molecular weight is 338 g/mol. The third kappa shape index (κ3) is 4.03. The van der Waals surface area contributed by atoms with E-state index in [1.807, 2.05) is 6.07 Å². The van der Waals surface area contributed by atoms with Crippen molar-refractivity contribution < 1.29 is 19.1 Å². The first-order chi connectivity index (χ1) is 12.2. The van der Waals surface area contributed by atoms with Gasteiger partial charge in [-0.15, -0.1) is 0 Å². The van der Waals surface area contributed by atoms with Crippen molar-refractivity contribution in [2.24, 2.45) is 0 Å². The number of para-hydroxylation sites is 1. The van der Waals surface area contributed by atoms with Gasteiger partial charge in [0.1, 0.15) is 5.75 Å². The van der Waals surface area contributed by atoms with Gasteiger partial charge in [0, 0.05) is 24.3 Å². The van der Waals surface area contributed by atoms with E-state index in [1.165, 1.54) is 0 Å². The van der Waals surface area contributed by atoms with E-state index < -0.39 is 0 Å². The summed E-state index contributed by atoms with van der Waals surface area (Å²) in [5, 5.41) is 2.74. The van der Waals surface area contributed by atoms with E-state index in [2.05, 4.69) is 5.32 Å². The van der Waals surface area contributed by atoms with Gasteiger partial charge in [-0.2, -0.15) is 0 Å². The molecule has 3 rings (SSSR count). The molecular weight excluding hydrogens is 320 g/mol. The topological polar surface area (TPSA) is 75.7 Å². The Morgan fingerprint density at radius 1 is 1.20 bits per heavy atom. The van der Waals surface area contributed by atoms with Crippen LogP contribution in [0.2, 0.25) is 0 Å². The molecule has 0 spiro atoms. The van der Waals surface area contributed by atoms with Gasteiger partial charge in [0.15, 0.2) is 12.9 Å². The first-order valence-corrected chi connectivity index (χ1v) is 8.04. The summed E-state index contributed by atoms with van der Waals surface area (Å²) in [5.74, 6) is 0.118. The van der Waals surface area contributed by atoms with E-state index >= 15 is 0 Å². The molecule has 1 aliphatic rings. The normalized spacial score (nSPS) is 13.6. The number of hydrogen-bond donors (Lipinski definition) is 1. The van der Waals surface area contributed by atoms with Crippen molar-refractivity contribution in [3.8, 4) is 5.75 Å². The van der Waals surface area contributed by atoms with Crippen molar-refractivity contribution in [3.63, 3.8) is 0 Å². The van der Waals surface area contributed by atoms with E-state index in [0.717, 1.165) is 12.1 Å². The zero-order chi connectivity index (χ0) is 17.6. The molecule has 1 aliphatic heterocycles. The maximum absolute atomic E-state index is 12.1. The zero-order valence-corrected chi connectivity index (χ0v) is 13.6. The van der Waals surface area contributed by atoms with Crippen LogP contribution in [0.25, 0.3) is 0 Å². The SMILES string of the molecule is O=Cc1ccccc1OCC(=O)Nc1cccc(N2CCCC2=O)c1. The second-order valence-electron chi connectivity index (χ2n) is 5.69. The van der Waals surface area contributed by atoms with Crippen LogP contribution in [0.15, 0.2) is 48.5 Å². The molecule has 1 saturated heterocycles. The summed E-state index contributed by atoms with van der Waals surface area (Å²) in [4.78, 5) is 36.6. The van der Waals surface area contributed by atoms with E-state index in [4.69, 9.17) is 4.74 Å². The summed E-state index contributed by atoms with van der Waals surface area (Å²) < 4.78 is 5.40. The van der Waals surface area contributed by atoms with Crippen molar-refractivity contribution in [2.75, 3.05) is 23.4 Å². The molecule has 25 heavy (non-hydrogen) atoms. The van der Waals surface area contributed by atoms with Gasteiger partial charge in [-0.05, 0) is 36.8 Å². The maximum Gasteiger partial charge on any atom is 0.262 e. The Morgan fingerprint density at radius 2 is 2.04 bits per heavy atom. The summed E-state index contributed by atoms with van der Waals surface area (Å²) in [6, 6.07) is 13.9. The van der Waals surface area contributed by atoms with Crippen molar-refractivity contribution in [2.45, 2.75) is 12.8 Å². The van der Waals surface area contributed by atoms with Crippen LogP contribution in [0.3, 0.4) is 0 Å². The Balaban J connectivity index is 1.61. The van der Waals surface area contributed by atoms with Crippen LogP contribution in [0, 0.1) is 0 Å². The fraction of sp³-hybridized carbons (Fsp3) is 0.211. The number of carbonyl (C=O) groups is 3. The molecule has 2 aromatic carbocycles. The second kappa shape index (κ2) is 7.61. The van der Waals surface area contributed by atoms with Crippen molar-refractivity contribution in [3.05, 3.63) is 54.1 Å². The number of nitrogens with one attached hydrogen (secondary N) is 1. The van der Waals surface area contributed by atoms with E-state index in [-0.39, 0.29) is 18.4 Å². The number of rotatable bonds is 6. The van der Waals surface area contributed by atoms with E-state index in [0.29, 0.717) is 36.3 Å². The number of amides is 2. The fourth-order valence-corrected chi connectivity index (χ4v) is 2.72. The molecule has 0 unspecified atom stereocenters. The molecule has 0 bridgehead atoms. The lowest BCUT2D eigenvalue weighted by molar-refractivity contribution is -0.118. The van der Waals surface area contributed by atoms with Crippen LogP contribution in [0.4, 0.5) is 11.4 Å². The third-order valence-electron chi connectivity index (χ3n) is 3.92.